The van der Waals surface area contributed by atoms with E-state index in [1.807, 2.05) is 13.1 Å². The van der Waals surface area contributed by atoms with Crippen molar-refractivity contribution in [1.29, 1.82) is 0 Å². The van der Waals surface area contributed by atoms with Crippen LogP contribution in [0, 0.1) is 19.8 Å². The van der Waals surface area contributed by atoms with Crippen molar-refractivity contribution in [2.45, 2.75) is 46.3 Å². The first-order valence-corrected chi connectivity index (χ1v) is 8.62. The van der Waals surface area contributed by atoms with Crippen molar-refractivity contribution >= 4 is 5.96 Å². The molecular weight excluding hydrogens is 298 g/mol. The molecule has 3 rings (SSSR count). The number of hydrogen-bond acceptors (Lipinski definition) is 2. The number of benzene rings is 1. The molecule has 0 spiro atoms. The number of aryl methyl sites for hydroxylation is 1. The lowest BCUT2D eigenvalue weighted by Gasteiger charge is -2.12. The van der Waals surface area contributed by atoms with Gasteiger partial charge in [0.2, 0.25) is 0 Å². The smallest absolute Gasteiger partial charge is 0.191 e. The summed E-state index contributed by atoms with van der Waals surface area (Å²) < 4.78 is 2.08. The molecule has 0 radical (unpaired) electrons. The summed E-state index contributed by atoms with van der Waals surface area (Å²) in [7, 11) is 1.82. The van der Waals surface area contributed by atoms with Crippen LogP contribution < -0.4 is 10.6 Å². The molecule has 1 aromatic heterocycles. The number of nitrogens with zero attached hydrogens (tertiary/aromatic N) is 3. The standard InChI is InChI=1S/C19H27N5/c1-13-10-18(13)22-19(20-4)21-11-17-14(2)23-24(15(17)3)12-16-8-6-5-7-9-16/h5-9,13,18H,10-12H2,1-4H3,(H2,20,21,22). The van der Waals surface area contributed by atoms with Crippen LogP contribution in [0.25, 0.3) is 0 Å². The Hall–Kier alpha value is -2.30. The van der Waals surface area contributed by atoms with Gasteiger partial charge in [-0.25, -0.2) is 0 Å². The zero-order chi connectivity index (χ0) is 17.1. The fraction of sp³-hybridized carbons (Fsp3) is 0.474. The molecule has 0 amide bonds. The Labute approximate surface area is 144 Å². The Morgan fingerprint density at radius 3 is 2.62 bits per heavy atom. The van der Waals surface area contributed by atoms with E-state index in [1.54, 1.807) is 0 Å². The van der Waals surface area contributed by atoms with Gasteiger partial charge in [-0.2, -0.15) is 5.10 Å². The number of aromatic nitrogens is 2. The first-order chi connectivity index (χ1) is 11.6. The van der Waals surface area contributed by atoms with Crippen LogP contribution in [-0.4, -0.2) is 28.8 Å². The van der Waals surface area contributed by atoms with Crippen molar-refractivity contribution in [3.05, 3.63) is 52.8 Å². The van der Waals surface area contributed by atoms with E-state index < -0.39 is 0 Å². The average molecular weight is 325 g/mol. The summed E-state index contributed by atoms with van der Waals surface area (Å²) in [6, 6.07) is 11.0. The van der Waals surface area contributed by atoms with Gasteiger partial charge >= 0.3 is 0 Å². The summed E-state index contributed by atoms with van der Waals surface area (Å²) in [5.74, 6) is 1.62. The van der Waals surface area contributed by atoms with Crippen molar-refractivity contribution in [3.63, 3.8) is 0 Å². The van der Waals surface area contributed by atoms with E-state index in [2.05, 4.69) is 65.3 Å². The number of rotatable bonds is 5. The molecule has 2 unspecified atom stereocenters. The minimum Gasteiger partial charge on any atom is -0.353 e. The monoisotopic (exact) mass is 325 g/mol. The molecule has 1 heterocycles. The molecule has 0 saturated heterocycles. The van der Waals surface area contributed by atoms with E-state index in [9.17, 15) is 0 Å². The number of guanidine groups is 1. The summed E-state index contributed by atoms with van der Waals surface area (Å²) in [6.45, 7) is 8.02. The van der Waals surface area contributed by atoms with Crippen LogP contribution in [0.1, 0.15) is 35.9 Å². The Morgan fingerprint density at radius 1 is 1.29 bits per heavy atom. The molecule has 5 heteroatoms. The average Bonchev–Trinajstić information content (AvgIpc) is 3.21. The minimum absolute atomic E-state index is 0.569. The predicted octanol–water partition coefficient (Wildman–Crippen LogP) is 2.62. The molecule has 0 aliphatic heterocycles. The Morgan fingerprint density at radius 2 is 2.00 bits per heavy atom. The Balaban J connectivity index is 1.65. The van der Waals surface area contributed by atoms with Crippen LogP contribution in [-0.2, 0) is 13.1 Å². The maximum absolute atomic E-state index is 4.71. The van der Waals surface area contributed by atoms with Crippen molar-refractivity contribution in [3.8, 4) is 0 Å². The molecule has 5 nitrogen and oxygen atoms in total. The topological polar surface area (TPSA) is 54.2 Å². The molecule has 2 atom stereocenters. The summed E-state index contributed by atoms with van der Waals surface area (Å²) in [5.41, 5.74) is 4.80. The number of hydrogen-bond donors (Lipinski definition) is 2. The third-order valence-electron chi connectivity index (χ3n) is 4.79. The van der Waals surface area contributed by atoms with Gasteiger partial charge in [-0.3, -0.25) is 9.67 Å². The van der Waals surface area contributed by atoms with Gasteiger partial charge in [-0.05, 0) is 31.7 Å². The van der Waals surface area contributed by atoms with Crippen LogP contribution in [0.2, 0.25) is 0 Å². The van der Waals surface area contributed by atoms with Gasteiger partial charge < -0.3 is 10.6 Å². The zero-order valence-corrected chi connectivity index (χ0v) is 15.0. The third kappa shape index (κ3) is 3.78. The maximum atomic E-state index is 4.71. The normalized spacial score (nSPS) is 20.1. The second-order valence-electron chi connectivity index (χ2n) is 6.68. The minimum atomic E-state index is 0.569. The zero-order valence-electron chi connectivity index (χ0n) is 15.0. The lowest BCUT2D eigenvalue weighted by Crippen LogP contribution is -2.38. The molecule has 2 N–H and O–H groups in total. The molecule has 2 aromatic rings. The van der Waals surface area contributed by atoms with Crippen LogP contribution in [0.3, 0.4) is 0 Å². The van der Waals surface area contributed by atoms with E-state index in [4.69, 9.17) is 5.10 Å². The molecule has 1 saturated carbocycles. The van der Waals surface area contributed by atoms with E-state index in [0.29, 0.717) is 6.04 Å². The summed E-state index contributed by atoms with van der Waals surface area (Å²) in [4.78, 5) is 4.32. The van der Waals surface area contributed by atoms with Gasteiger partial charge in [0.05, 0.1) is 12.2 Å². The molecule has 1 fully saturated rings. The van der Waals surface area contributed by atoms with E-state index in [-0.39, 0.29) is 0 Å². The third-order valence-corrected chi connectivity index (χ3v) is 4.79. The van der Waals surface area contributed by atoms with Gasteiger partial charge in [0.1, 0.15) is 0 Å². The van der Waals surface area contributed by atoms with Crippen molar-refractivity contribution in [2.24, 2.45) is 10.9 Å². The van der Waals surface area contributed by atoms with Crippen LogP contribution >= 0.6 is 0 Å². The highest BCUT2D eigenvalue weighted by Gasteiger charge is 2.33. The molecule has 128 valence electrons. The van der Waals surface area contributed by atoms with Crippen molar-refractivity contribution < 1.29 is 0 Å². The fourth-order valence-electron chi connectivity index (χ4n) is 2.97. The first kappa shape index (κ1) is 16.6. The first-order valence-electron chi connectivity index (χ1n) is 8.62. The van der Waals surface area contributed by atoms with E-state index in [1.165, 1.54) is 23.2 Å². The van der Waals surface area contributed by atoms with Gasteiger partial charge in [-0.15, -0.1) is 0 Å². The van der Waals surface area contributed by atoms with Gasteiger partial charge in [-0.1, -0.05) is 37.3 Å². The van der Waals surface area contributed by atoms with Gasteiger partial charge in [0.25, 0.3) is 0 Å². The molecule has 1 aliphatic carbocycles. The SMILES string of the molecule is CN=C(NCc1c(C)nn(Cc2ccccc2)c1C)NC1CC1C. The molecular formula is C19H27N5. The number of aliphatic imine (C=N–C) groups is 1. The predicted molar refractivity (Wildman–Crippen MR) is 98.1 cm³/mol. The molecule has 1 aliphatic rings. The van der Waals surface area contributed by atoms with Crippen LogP contribution in [0.5, 0.6) is 0 Å². The van der Waals surface area contributed by atoms with Crippen LogP contribution in [0.15, 0.2) is 35.3 Å². The summed E-state index contributed by atoms with van der Waals surface area (Å²) in [6.07, 6.45) is 1.23. The quantitative estimate of drug-likeness (QED) is 0.656. The maximum Gasteiger partial charge on any atom is 0.191 e. The van der Waals surface area contributed by atoms with Gasteiger partial charge in [0, 0.05) is 30.9 Å². The Bertz CT molecular complexity index is 717. The molecule has 0 bridgehead atoms. The highest BCUT2D eigenvalue weighted by atomic mass is 15.3. The second-order valence-corrected chi connectivity index (χ2v) is 6.68. The van der Waals surface area contributed by atoms with E-state index in [0.717, 1.165) is 30.7 Å². The highest BCUT2D eigenvalue weighted by Crippen LogP contribution is 2.28. The lowest BCUT2D eigenvalue weighted by molar-refractivity contribution is 0.657. The number of nitrogens with one attached hydrogen (secondary N) is 2. The van der Waals surface area contributed by atoms with E-state index >= 15 is 0 Å². The lowest BCUT2D eigenvalue weighted by atomic mass is 10.2. The largest absolute Gasteiger partial charge is 0.353 e. The summed E-state index contributed by atoms with van der Waals surface area (Å²) in [5, 5.41) is 11.6. The fourth-order valence-corrected chi connectivity index (χ4v) is 2.97. The van der Waals surface area contributed by atoms with Crippen molar-refractivity contribution in [1.82, 2.24) is 20.4 Å². The van der Waals surface area contributed by atoms with Gasteiger partial charge in [0.15, 0.2) is 5.96 Å². The second kappa shape index (κ2) is 7.07. The van der Waals surface area contributed by atoms with Crippen molar-refractivity contribution in [2.75, 3.05) is 7.05 Å². The highest BCUT2D eigenvalue weighted by molar-refractivity contribution is 5.80. The molecule has 1 aromatic carbocycles. The van der Waals surface area contributed by atoms with Crippen LogP contribution in [0.4, 0.5) is 0 Å². The summed E-state index contributed by atoms with van der Waals surface area (Å²) >= 11 is 0. The Kier molecular flexibility index (Phi) is 4.88. The molecule has 24 heavy (non-hydrogen) atoms.